The van der Waals surface area contributed by atoms with Crippen LogP contribution in [0.15, 0.2) is 53.7 Å². The first-order chi connectivity index (χ1) is 14.3. The number of urea groups is 1. The number of imidazole rings is 1. The van der Waals surface area contributed by atoms with Gasteiger partial charge in [0.2, 0.25) is 5.91 Å². The largest absolute Gasteiger partial charge is 0.336 e. The van der Waals surface area contributed by atoms with Crippen LogP contribution >= 0.6 is 11.8 Å². The van der Waals surface area contributed by atoms with Gasteiger partial charge in [0.1, 0.15) is 0 Å². The van der Waals surface area contributed by atoms with E-state index in [2.05, 4.69) is 61.0 Å². The second kappa shape index (κ2) is 8.14. The van der Waals surface area contributed by atoms with Crippen LogP contribution in [0.2, 0.25) is 0 Å². The highest BCUT2D eigenvalue weighted by Gasteiger charge is 2.26. The van der Waals surface area contributed by atoms with Crippen molar-refractivity contribution < 1.29 is 9.59 Å². The molecular weight excluding hydrogens is 396 g/mol. The number of carbonyl (C=O) groups excluding carboxylic acids is 2. The van der Waals surface area contributed by atoms with Gasteiger partial charge in [-0.3, -0.25) is 9.69 Å². The van der Waals surface area contributed by atoms with Crippen molar-refractivity contribution in [1.29, 1.82) is 0 Å². The van der Waals surface area contributed by atoms with E-state index < -0.39 is 0 Å². The van der Waals surface area contributed by atoms with Gasteiger partial charge in [0, 0.05) is 13.1 Å². The van der Waals surface area contributed by atoms with Crippen LogP contribution in [0.25, 0.3) is 11.0 Å². The number of imide groups is 1. The molecule has 0 unspecified atom stereocenters. The van der Waals surface area contributed by atoms with E-state index in [0.29, 0.717) is 19.6 Å². The molecule has 2 heterocycles. The fourth-order valence-electron chi connectivity index (χ4n) is 3.52. The first kappa shape index (κ1) is 20.5. The number of hydrogen-bond donors (Lipinski definition) is 1. The molecule has 1 aromatic heterocycles. The second-order valence-corrected chi connectivity index (χ2v) is 9.43. The number of benzene rings is 2. The summed E-state index contributed by atoms with van der Waals surface area (Å²) in [5.41, 5.74) is 4.39. The van der Waals surface area contributed by atoms with Crippen LogP contribution in [0.1, 0.15) is 31.9 Å². The molecular formula is C23H26N4O2S. The Morgan fingerprint density at radius 3 is 2.60 bits per heavy atom. The van der Waals surface area contributed by atoms with E-state index in [0.717, 1.165) is 16.2 Å². The van der Waals surface area contributed by atoms with E-state index in [1.807, 2.05) is 18.2 Å². The monoisotopic (exact) mass is 422 g/mol. The van der Waals surface area contributed by atoms with Crippen molar-refractivity contribution in [1.82, 2.24) is 19.8 Å². The average Bonchev–Trinajstić information content (AvgIpc) is 3.29. The van der Waals surface area contributed by atoms with Crippen molar-refractivity contribution in [3.05, 3.63) is 59.7 Å². The second-order valence-electron chi connectivity index (χ2n) is 8.49. The maximum atomic E-state index is 12.5. The maximum absolute atomic E-state index is 12.5. The van der Waals surface area contributed by atoms with Gasteiger partial charge in [-0.2, -0.15) is 0 Å². The summed E-state index contributed by atoms with van der Waals surface area (Å²) in [6.07, 6.45) is 0. The molecule has 3 amide bonds. The first-order valence-corrected chi connectivity index (χ1v) is 11.1. The first-order valence-electron chi connectivity index (χ1n) is 10.1. The summed E-state index contributed by atoms with van der Waals surface area (Å²) in [7, 11) is 0. The molecule has 1 aliphatic heterocycles. The van der Waals surface area contributed by atoms with E-state index in [1.165, 1.54) is 27.8 Å². The molecule has 6 nitrogen and oxygen atoms in total. The van der Waals surface area contributed by atoms with Crippen LogP contribution in [0.4, 0.5) is 4.79 Å². The Morgan fingerprint density at radius 2 is 1.93 bits per heavy atom. The Labute approximate surface area is 180 Å². The summed E-state index contributed by atoms with van der Waals surface area (Å²) < 4.78 is 2.15. The Bertz CT molecular complexity index is 1090. The summed E-state index contributed by atoms with van der Waals surface area (Å²) in [4.78, 5) is 30.4. The SMILES string of the molecule is CC(C)(C)c1ccc2c(c1)nc(SCC(=O)N1CCNC1=O)n2Cc1ccccc1. The number of fused-ring (bicyclic) bond motifs is 1. The van der Waals surface area contributed by atoms with Gasteiger partial charge in [0.25, 0.3) is 0 Å². The highest BCUT2D eigenvalue weighted by molar-refractivity contribution is 7.99. The third-order valence-electron chi connectivity index (χ3n) is 5.25. The minimum atomic E-state index is -0.312. The molecule has 2 aromatic carbocycles. The number of hydrogen-bond acceptors (Lipinski definition) is 4. The van der Waals surface area contributed by atoms with Crippen molar-refractivity contribution in [2.24, 2.45) is 0 Å². The summed E-state index contributed by atoms with van der Waals surface area (Å²) in [5, 5.41) is 3.46. The van der Waals surface area contributed by atoms with Crippen molar-refractivity contribution in [3.8, 4) is 0 Å². The van der Waals surface area contributed by atoms with Crippen LogP contribution in [0.5, 0.6) is 0 Å². The Morgan fingerprint density at radius 1 is 1.17 bits per heavy atom. The highest BCUT2D eigenvalue weighted by Crippen LogP contribution is 2.30. The van der Waals surface area contributed by atoms with Gasteiger partial charge in [0.05, 0.1) is 23.3 Å². The molecule has 1 fully saturated rings. The lowest BCUT2D eigenvalue weighted by Gasteiger charge is -2.18. The number of thioether (sulfide) groups is 1. The molecule has 0 radical (unpaired) electrons. The lowest BCUT2D eigenvalue weighted by Crippen LogP contribution is -2.35. The van der Waals surface area contributed by atoms with Gasteiger partial charge in [-0.15, -0.1) is 0 Å². The molecule has 0 bridgehead atoms. The molecule has 4 rings (SSSR count). The lowest BCUT2D eigenvalue weighted by atomic mass is 9.87. The van der Waals surface area contributed by atoms with Gasteiger partial charge in [-0.05, 0) is 28.7 Å². The number of amides is 3. The Balaban J connectivity index is 1.66. The van der Waals surface area contributed by atoms with Crippen molar-refractivity contribution in [2.45, 2.75) is 37.9 Å². The zero-order valence-corrected chi connectivity index (χ0v) is 18.3. The summed E-state index contributed by atoms with van der Waals surface area (Å²) in [6, 6.07) is 16.3. The molecule has 0 atom stereocenters. The molecule has 0 saturated carbocycles. The number of aromatic nitrogens is 2. The molecule has 156 valence electrons. The predicted octanol–water partition coefficient (Wildman–Crippen LogP) is 4.03. The molecule has 1 N–H and O–H groups in total. The van der Waals surface area contributed by atoms with E-state index in [4.69, 9.17) is 4.98 Å². The quantitative estimate of drug-likeness (QED) is 0.631. The standard InChI is InChI=1S/C23H26N4O2S/c1-23(2,3)17-9-10-19-18(13-17)25-22(27(19)14-16-7-5-4-6-8-16)30-15-20(28)26-12-11-24-21(26)29/h4-10,13H,11-12,14-15H2,1-3H3,(H,24,29). The minimum absolute atomic E-state index is 0.0315. The van der Waals surface area contributed by atoms with Crippen LogP contribution in [0, 0.1) is 0 Å². The number of nitrogens with one attached hydrogen (secondary N) is 1. The fraction of sp³-hybridized carbons (Fsp3) is 0.348. The van der Waals surface area contributed by atoms with Crippen LogP contribution in [0.3, 0.4) is 0 Å². The predicted molar refractivity (Wildman–Crippen MR) is 120 cm³/mol. The minimum Gasteiger partial charge on any atom is -0.336 e. The van der Waals surface area contributed by atoms with Gasteiger partial charge in [-0.25, -0.2) is 9.78 Å². The van der Waals surface area contributed by atoms with E-state index in [1.54, 1.807) is 0 Å². The Kier molecular flexibility index (Phi) is 5.56. The van der Waals surface area contributed by atoms with Gasteiger partial charge < -0.3 is 9.88 Å². The van der Waals surface area contributed by atoms with Crippen molar-refractivity contribution in [2.75, 3.05) is 18.8 Å². The van der Waals surface area contributed by atoms with E-state index in [9.17, 15) is 9.59 Å². The molecule has 3 aromatic rings. The van der Waals surface area contributed by atoms with Gasteiger partial charge in [0.15, 0.2) is 5.16 Å². The van der Waals surface area contributed by atoms with Crippen LogP contribution in [-0.2, 0) is 16.8 Å². The Hall–Kier alpha value is -2.80. The lowest BCUT2D eigenvalue weighted by molar-refractivity contribution is -0.124. The smallest absolute Gasteiger partial charge is 0.324 e. The topological polar surface area (TPSA) is 67.2 Å². The zero-order chi connectivity index (χ0) is 21.3. The molecule has 0 spiro atoms. The highest BCUT2D eigenvalue weighted by atomic mass is 32.2. The third kappa shape index (κ3) is 4.21. The summed E-state index contributed by atoms with van der Waals surface area (Å²) in [5.74, 6) is -0.0128. The molecule has 0 aliphatic carbocycles. The van der Waals surface area contributed by atoms with Crippen molar-refractivity contribution in [3.63, 3.8) is 0 Å². The van der Waals surface area contributed by atoms with Gasteiger partial charge in [-0.1, -0.05) is 68.9 Å². The fourth-order valence-corrected chi connectivity index (χ4v) is 4.41. The number of rotatable bonds is 5. The molecule has 1 saturated heterocycles. The van der Waals surface area contributed by atoms with Crippen LogP contribution < -0.4 is 5.32 Å². The molecule has 7 heteroatoms. The van der Waals surface area contributed by atoms with Crippen LogP contribution in [-0.4, -0.2) is 45.2 Å². The third-order valence-corrected chi connectivity index (χ3v) is 6.21. The molecule has 1 aliphatic rings. The van der Waals surface area contributed by atoms with Crippen molar-refractivity contribution >= 4 is 34.7 Å². The normalized spacial score (nSPS) is 14.4. The van der Waals surface area contributed by atoms with E-state index in [-0.39, 0.29) is 23.1 Å². The number of carbonyl (C=O) groups is 2. The summed E-state index contributed by atoms with van der Waals surface area (Å²) in [6.45, 7) is 8.16. The maximum Gasteiger partial charge on any atom is 0.324 e. The van der Waals surface area contributed by atoms with Gasteiger partial charge >= 0.3 is 6.03 Å². The zero-order valence-electron chi connectivity index (χ0n) is 17.5. The summed E-state index contributed by atoms with van der Waals surface area (Å²) >= 11 is 1.38. The average molecular weight is 423 g/mol. The molecule has 30 heavy (non-hydrogen) atoms. The number of nitrogens with zero attached hydrogens (tertiary/aromatic N) is 3. The van der Waals surface area contributed by atoms with E-state index >= 15 is 0 Å².